The van der Waals surface area contributed by atoms with E-state index in [4.69, 9.17) is 17.3 Å². The van der Waals surface area contributed by atoms with Crippen molar-refractivity contribution in [2.75, 3.05) is 11.9 Å². The molecule has 1 aromatic carbocycles. The number of carbonyl (C=O) groups excluding carboxylic acids is 2. The van der Waals surface area contributed by atoms with Gasteiger partial charge in [0.25, 0.3) is 5.91 Å². The van der Waals surface area contributed by atoms with Gasteiger partial charge in [-0.15, -0.1) is 12.4 Å². The molecule has 1 fully saturated rings. The molecule has 0 aromatic heterocycles. The Kier molecular flexibility index (Phi) is 7.52. The lowest BCUT2D eigenvalue weighted by Gasteiger charge is -2.29. The van der Waals surface area contributed by atoms with Crippen LogP contribution in [0.4, 0.5) is 5.69 Å². The first-order valence-electron chi connectivity index (χ1n) is 8.00. The highest BCUT2D eigenvalue weighted by Gasteiger charge is 2.34. The molecule has 2 amide bonds. The molecular formula is C17H25Cl2N3O2. The van der Waals surface area contributed by atoms with Gasteiger partial charge in [-0.3, -0.25) is 9.59 Å². The molecule has 1 aromatic rings. The highest BCUT2D eigenvalue weighted by atomic mass is 35.5. The van der Waals surface area contributed by atoms with Gasteiger partial charge in [0, 0.05) is 18.2 Å². The Labute approximate surface area is 154 Å². The fourth-order valence-corrected chi connectivity index (χ4v) is 3.01. The molecule has 0 bridgehead atoms. The molecule has 0 atom stereocenters. The minimum absolute atomic E-state index is 0. The monoisotopic (exact) mass is 373 g/mol. The second-order valence-electron chi connectivity index (χ2n) is 6.48. The summed E-state index contributed by atoms with van der Waals surface area (Å²) in [6, 6.07) is 4.92. The molecule has 0 saturated heterocycles. The number of nitrogens with one attached hydrogen (secondary N) is 2. The molecule has 0 unspecified atom stereocenters. The number of carbonyl (C=O) groups is 2. The Balaban J connectivity index is 0.00000288. The molecule has 0 aliphatic heterocycles. The number of amides is 2. The summed E-state index contributed by atoms with van der Waals surface area (Å²) in [6.45, 7) is 4.04. The van der Waals surface area contributed by atoms with E-state index in [0.29, 0.717) is 22.8 Å². The van der Waals surface area contributed by atoms with Crippen molar-refractivity contribution >= 4 is 41.5 Å². The third kappa shape index (κ3) is 4.85. The fraction of sp³-hybridized carbons (Fsp3) is 0.529. The van der Waals surface area contributed by atoms with E-state index in [2.05, 4.69) is 10.6 Å². The maximum absolute atomic E-state index is 12.6. The van der Waals surface area contributed by atoms with Gasteiger partial charge < -0.3 is 16.4 Å². The lowest BCUT2D eigenvalue weighted by atomic mass is 9.97. The predicted octanol–water partition coefficient (Wildman–Crippen LogP) is 3.36. The van der Waals surface area contributed by atoms with Crippen LogP contribution in [0.25, 0.3) is 0 Å². The Morgan fingerprint density at radius 2 is 1.92 bits per heavy atom. The molecule has 24 heavy (non-hydrogen) atoms. The van der Waals surface area contributed by atoms with Gasteiger partial charge in [0.15, 0.2) is 0 Å². The molecule has 134 valence electrons. The van der Waals surface area contributed by atoms with Gasteiger partial charge in [0.1, 0.15) is 0 Å². The Hall–Kier alpha value is -1.30. The van der Waals surface area contributed by atoms with Crippen LogP contribution in [0.15, 0.2) is 18.2 Å². The van der Waals surface area contributed by atoms with Crippen molar-refractivity contribution in [1.82, 2.24) is 5.32 Å². The lowest BCUT2D eigenvalue weighted by Crippen LogP contribution is -2.51. The Morgan fingerprint density at radius 1 is 1.29 bits per heavy atom. The quantitative estimate of drug-likeness (QED) is 0.739. The molecule has 2 rings (SSSR count). The van der Waals surface area contributed by atoms with E-state index in [1.54, 1.807) is 18.2 Å². The van der Waals surface area contributed by atoms with E-state index in [1.165, 1.54) is 0 Å². The van der Waals surface area contributed by atoms with Crippen LogP contribution in [0.5, 0.6) is 0 Å². The van der Waals surface area contributed by atoms with E-state index >= 15 is 0 Å². The summed E-state index contributed by atoms with van der Waals surface area (Å²) in [6.07, 6.45) is 3.90. The van der Waals surface area contributed by atoms with Crippen molar-refractivity contribution in [2.45, 2.75) is 45.1 Å². The first kappa shape index (κ1) is 20.7. The number of benzene rings is 1. The second kappa shape index (κ2) is 8.70. The molecule has 1 saturated carbocycles. The Bertz CT molecular complexity index is 599. The molecule has 1 aliphatic rings. The molecule has 4 N–H and O–H groups in total. The normalized spacial score (nSPS) is 15.7. The van der Waals surface area contributed by atoms with Crippen molar-refractivity contribution in [3.8, 4) is 0 Å². The minimum Gasteiger partial charge on any atom is -0.345 e. The zero-order valence-electron chi connectivity index (χ0n) is 14.0. The van der Waals surface area contributed by atoms with E-state index in [1.807, 2.05) is 13.8 Å². The third-order valence-electron chi connectivity index (χ3n) is 4.33. The van der Waals surface area contributed by atoms with Gasteiger partial charge >= 0.3 is 0 Å². The number of hydrogen-bond donors (Lipinski definition) is 3. The number of anilines is 1. The average molecular weight is 374 g/mol. The molecule has 1 aliphatic carbocycles. The van der Waals surface area contributed by atoms with Crippen LogP contribution >= 0.6 is 24.0 Å². The first-order chi connectivity index (χ1) is 10.9. The highest BCUT2D eigenvalue weighted by molar-refractivity contribution is 6.34. The highest BCUT2D eigenvalue weighted by Crippen LogP contribution is 2.30. The topological polar surface area (TPSA) is 84.2 Å². The fourth-order valence-electron chi connectivity index (χ4n) is 2.80. The minimum atomic E-state index is -0.336. The SMILES string of the molecule is CC(C)C(=O)Nc1ccc(Cl)c(C(=O)NC2(CN)CCCC2)c1.Cl. The maximum Gasteiger partial charge on any atom is 0.253 e. The maximum atomic E-state index is 12.6. The molecule has 0 radical (unpaired) electrons. The van der Waals surface area contributed by atoms with Crippen molar-refractivity contribution in [3.63, 3.8) is 0 Å². The smallest absolute Gasteiger partial charge is 0.253 e. The van der Waals surface area contributed by atoms with Crippen molar-refractivity contribution in [3.05, 3.63) is 28.8 Å². The second-order valence-corrected chi connectivity index (χ2v) is 6.89. The third-order valence-corrected chi connectivity index (χ3v) is 4.66. The molecular weight excluding hydrogens is 349 g/mol. The van der Waals surface area contributed by atoms with E-state index in [9.17, 15) is 9.59 Å². The van der Waals surface area contributed by atoms with Crippen molar-refractivity contribution in [1.29, 1.82) is 0 Å². The van der Waals surface area contributed by atoms with Crippen LogP contribution in [0.1, 0.15) is 49.9 Å². The van der Waals surface area contributed by atoms with E-state index < -0.39 is 0 Å². The zero-order chi connectivity index (χ0) is 17.0. The van der Waals surface area contributed by atoms with Crippen LogP contribution in [0.2, 0.25) is 5.02 Å². The molecule has 7 heteroatoms. The first-order valence-corrected chi connectivity index (χ1v) is 8.38. The summed E-state index contributed by atoms with van der Waals surface area (Å²) >= 11 is 6.16. The summed E-state index contributed by atoms with van der Waals surface area (Å²) < 4.78 is 0. The number of rotatable bonds is 5. The van der Waals surface area contributed by atoms with Crippen molar-refractivity contribution < 1.29 is 9.59 Å². The lowest BCUT2D eigenvalue weighted by molar-refractivity contribution is -0.118. The van der Waals surface area contributed by atoms with Gasteiger partial charge in [-0.1, -0.05) is 38.3 Å². The van der Waals surface area contributed by atoms with Gasteiger partial charge in [0.05, 0.1) is 16.1 Å². The number of halogens is 2. The van der Waals surface area contributed by atoms with Crippen LogP contribution in [0, 0.1) is 5.92 Å². The predicted molar refractivity (Wildman–Crippen MR) is 99.9 cm³/mol. The van der Waals surface area contributed by atoms with Gasteiger partial charge in [0.2, 0.25) is 5.91 Å². The largest absolute Gasteiger partial charge is 0.345 e. The average Bonchev–Trinajstić information content (AvgIpc) is 2.98. The summed E-state index contributed by atoms with van der Waals surface area (Å²) in [7, 11) is 0. The molecule has 5 nitrogen and oxygen atoms in total. The number of hydrogen-bond acceptors (Lipinski definition) is 3. The van der Waals surface area contributed by atoms with Gasteiger partial charge in [-0.05, 0) is 31.0 Å². The van der Waals surface area contributed by atoms with Crippen LogP contribution in [-0.2, 0) is 4.79 Å². The molecule has 0 spiro atoms. The summed E-state index contributed by atoms with van der Waals surface area (Å²) in [5, 5.41) is 6.18. The zero-order valence-corrected chi connectivity index (χ0v) is 15.6. The van der Waals surface area contributed by atoms with E-state index in [0.717, 1.165) is 25.7 Å². The summed E-state index contributed by atoms with van der Waals surface area (Å²) in [5.74, 6) is -0.488. The van der Waals surface area contributed by atoms with Crippen LogP contribution in [0.3, 0.4) is 0 Å². The summed E-state index contributed by atoms with van der Waals surface area (Å²) in [5.41, 5.74) is 6.44. The van der Waals surface area contributed by atoms with Crippen molar-refractivity contribution in [2.24, 2.45) is 11.7 Å². The Morgan fingerprint density at radius 3 is 2.46 bits per heavy atom. The summed E-state index contributed by atoms with van der Waals surface area (Å²) in [4.78, 5) is 24.4. The van der Waals surface area contributed by atoms with Gasteiger partial charge in [-0.2, -0.15) is 0 Å². The molecule has 0 heterocycles. The van der Waals surface area contributed by atoms with Crippen LogP contribution < -0.4 is 16.4 Å². The van der Waals surface area contributed by atoms with Crippen LogP contribution in [-0.4, -0.2) is 23.9 Å². The van der Waals surface area contributed by atoms with E-state index in [-0.39, 0.29) is 35.7 Å². The van der Waals surface area contributed by atoms with Gasteiger partial charge in [-0.25, -0.2) is 0 Å². The number of nitrogens with two attached hydrogens (primary N) is 1. The standard InChI is InChI=1S/C17H24ClN3O2.ClH/c1-11(2)15(22)20-12-5-6-14(18)13(9-12)16(23)21-17(10-19)7-3-4-8-17;/h5-6,9,11H,3-4,7-8,10,19H2,1-2H3,(H,20,22)(H,21,23);1H.